The van der Waals surface area contributed by atoms with Gasteiger partial charge in [-0.05, 0) is 74.4 Å². The molecule has 0 atom stereocenters. The average molecular weight is 511 g/mol. The van der Waals surface area contributed by atoms with E-state index in [9.17, 15) is 9.59 Å². The molecule has 0 unspecified atom stereocenters. The van der Waals surface area contributed by atoms with Gasteiger partial charge in [0.25, 0.3) is 0 Å². The highest BCUT2D eigenvalue weighted by atomic mass is 16.6. The van der Waals surface area contributed by atoms with Gasteiger partial charge in [0.2, 0.25) is 11.7 Å². The van der Waals surface area contributed by atoms with Gasteiger partial charge >= 0.3 is 6.09 Å². The topological polar surface area (TPSA) is 86.3 Å². The summed E-state index contributed by atoms with van der Waals surface area (Å²) in [5.74, 6) is 1.93. The van der Waals surface area contributed by atoms with Crippen LogP contribution in [-0.4, -0.2) is 56.9 Å². The third-order valence-corrected chi connectivity index (χ3v) is 6.17. The van der Waals surface area contributed by atoms with Crippen molar-refractivity contribution in [3.8, 4) is 17.2 Å². The number of benzene rings is 2. The van der Waals surface area contributed by atoms with E-state index in [0.717, 1.165) is 24.0 Å². The number of likely N-dealkylation sites (tertiary alicyclic amines) is 1. The number of methoxy groups -OCH3 is 3. The summed E-state index contributed by atoms with van der Waals surface area (Å²) in [4.78, 5) is 26.7. The maximum Gasteiger partial charge on any atom is 0.407 e. The van der Waals surface area contributed by atoms with Crippen LogP contribution in [0.2, 0.25) is 0 Å². The molecule has 1 heterocycles. The Morgan fingerprint density at radius 2 is 1.65 bits per heavy atom. The quantitative estimate of drug-likeness (QED) is 0.494. The number of amides is 2. The number of nitrogens with one attached hydrogen (secondary N) is 1. The maximum atomic E-state index is 12.8. The Bertz CT molecular complexity index is 1090. The Hall–Kier alpha value is -3.68. The molecular weight excluding hydrogens is 472 g/mol. The van der Waals surface area contributed by atoms with Crippen molar-refractivity contribution in [1.82, 2.24) is 10.2 Å². The highest BCUT2D eigenvalue weighted by Gasteiger charge is 2.23. The Balaban J connectivity index is 1.56. The molecule has 0 aliphatic carbocycles. The van der Waals surface area contributed by atoms with E-state index in [-0.39, 0.29) is 5.91 Å². The first-order chi connectivity index (χ1) is 17.6. The lowest BCUT2D eigenvalue weighted by atomic mass is 9.88. The monoisotopic (exact) mass is 510 g/mol. The van der Waals surface area contributed by atoms with E-state index in [0.29, 0.717) is 42.8 Å². The van der Waals surface area contributed by atoms with Crippen molar-refractivity contribution in [3.63, 3.8) is 0 Å². The van der Waals surface area contributed by atoms with Crippen LogP contribution in [0.4, 0.5) is 4.79 Å². The molecule has 2 aromatic carbocycles. The molecule has 0 aromatic heterocycles. The number of nitrogens with zero attached hydrogens (tertiary/aromatic N) is 1. The van der Waals surface area contributed by atoms with Gasteiger partial charge in [-0.1, -0.05) is 24.3 Å². The first-order valence-corrected chi connectivity index (χ1v) is 12.5. The number of alkyl carbamates (subject to hydrolysis) is 1. The van der Waals surface area contributed by atoms with Crippen LogP contribution in [-0.2, 0) is 16.1 Å². The van der Waals surface area contributed by atoms with Crippen LogP contribution >= 0.6 is 0 Å². The fraction of sp³-hybridized carbons (Fsp3) is 0.448. The number of rotatable bonds is 8. The Morgan fingerprint density at radius 1 is 1.00 bits per heavy atom. The van der Waals surface area contributed by atoms with Gasteiger partial charge in [0.1, 0.15) is 5.60 Å². The normalized spacial score (nSPS) is 14.4. The summed E-state index contributed by atoms with van der Waals surface area (Å²) in [5, 5.41) is 2.81. The molecule has 3 rings (SSSR count). The zero-order valence-corrected chi connectivity index (χ0v) is 22.6. The van der Waals surface area contributed by atoms with Crippen LogP contribution in [0.1, 0.15) is 56.2 Å². The van der Waals surface area contributed by atoms with Crippen molar-refractivity contribution in [3.05, 3.63) is 59.2 Å². The van der Waals surface area contributed by atoms with E-state index in [2.05, 4.69) is 17.4 Å². The summed E-state index contributed by atoms with van der Waals surface area (Å²) in [7, 11) is 4.68. The number of hydrogen-bond acceptors (Lipinski definition) is 6. The van der Waals surface area contributed by atoms with Crippen molar-refractivity contribution in [2.24, 2.45) is 0 Å². The summed E-state index contributed by atoms with van der Waals surface area (Å²) >= 11 is 0. The van der Waals surface area contributed by atoms with Crippen molar-refractivity contribution < 1.29 is 28.5 Å². The lowest BCUT2D eigenvalue weighted by Gasteiger charge is -2.31. The molecule has 0 radical (unpaired) electrons. The van der Waals surface area contributed by atoms with Crippen molar-refractivity contribution in [2.75, 3.05) is 34.4 Å². The molecule has 1 N–H and O–H groups in total. The van der Waals surface area contributed by atoms with Crippen LogP contribution in [0, 0.1) is 0 Å². The molecule has 1 fully saturated rings. The van der Waals surface area contributed by atoms with E-state index in [1.807, 2.05) is 49.9 Å². The largest absolute Gasteiger partial charge is 0.493 e. The molecule has 1 aliphatic heterocycles. The minimum Gasteiger partial charge on any atom is -0.493 e. The second-order valence-corrected chi connectivity index (χ2v) is 9.99. The molecule has 2 aromatic rings. The molecule has 8 heteroatoms. The molecule has 1 saturated heterocycles. The molecule has 2 amide bonds. The molecule has 0 saturated carbocycles. The van der Waals surface area contributed by atoms with Gasteiger partial charge < -0.3 is 29.2 Å². The molecule has 0 spiro atoms. The molecular formula is C29H38N2O6. The van der Waals surface area contributed by atoms with Gasteiger partial charge in [0.15, 0.2) is 11.5 Å². The summed E-state index contributed by atoms with van der Waals surface area (Å²) in [5.41, 5.74) is 2.51. The van der Waals surface area contributed by atoms with Crippen LogP contribution < -0.4 is 19.5 Å². The Morgan fingerprint density at radius 3 is 2.22 bits per heavy atom. The second kappa shape index (κ2) is 12.5. The number of ether oxygens (including phenoxy) is 4. The molecule has 8 nitrogen and oxygen atoms in total. The van der Waals surface area contributed by atoms with Gasteiger partial charge in [-0.25, -0.2) is 4.79 Å². The molecule has 0 bridgehead atoms. The van der Waals surface area contributed by atoms with E-state index in [1.165, 1.54) is 5.56 Å². The van der Waals surface area contributed by atoms with E-state index >= 15 is 0 Å². The van der Waals surface area contributed by atoms with Gasteiger partial charge in [0.05, 0.1) is 21.3 Å². The predicted octanol–water partition coefficient (Wildman–Crippen LogP) is 5.16. The molecule has 1 aliphatic rings. The summed E-state index contributed by atoms with van der Waals surface area (Å²) in [6, 6.07) is 11.9. The Kier molecular flexibility index (Phi) is 9.44. The zero-order chi connectivity index (χ0) is 27.0. The average Bonchev–Trinajstić information content (AvgIpc) is 2.89. The van der Waals surface area contributed by atoms with Crippen LogP contribution in [0.25, 0.3) is 6.08 Å². The minimum absolute atomic E-state index is 0.0255. The predicted molar refractivity (Wildman–Crippen MR) is 143 cm³/mol. The molecule has 200 valence electrons. The maximum absolute atomic E-state index is 12.8. The smallest absolute Gasteiger partial charge is 0.407 e. The SMILES string of the molecule is COc1cc(/C=C/C(=O)N2CCC(c3cccc(CNC(=O)OC(C)(C)C)c3)CC2)cc(OC)c1OC. The van der Waals surface area contributed by atoms with Crippen molar-refractivity contribution in [1.29, 1.82) is 0 Å². The minimum atomic E-state index is -0.527. The summed E-state index contributed by atoms with van der Waals surface area (Å²) < 4.78 is 21.4. The van der Waals surface area contributed by atoms with Gasteiger partial charge in [0, 0.05) is 25.7 Å². The zero-order valence-electron chi connectivity index (χ0n) is 22.6. The summed E-state index contributed by atoms with van der Waals surface area (Å²) in [6.45, 7) is 7.30. The van der Waals surface area contributed by atoms with Crippen LogP contribution in [0.3, 0.4) is 0 Å². The molecule has 37 heavy (non-hydrogen) atoms. The number of piperidine rings is 1. The lowest BCUT2D eigenvalue weighted by molar-refractivity contribution is -0.126. The van der Waals surface area contributed by atoms with Crippen molar-refractivity contribution >= 4 is 18.1 Å². The number of hydrogen-bond donors (Lipinski definition) is 1. The number of carbonyl (C=O) groups is 2. The Labute approximate surface area is 219 Å². The van der Waals surface area contributed by atoms with Gasteiger partial charge in [-0.2, -0.15) is 0 Å². The first-order valence-electron chi connectivity index (χ1n) is 12.5. The van der Waals surface area contributed by atoms with Crippen molar-refractivity contribution in [2.45, 2.75) is 51.7 Å². The second-order valence-electron chi connectivity index (χ2n) is 9.99. The fourth-order valence-electron chi connectivity index (χ4n) is 4.35. The standard InChI is InChI=1S/C29H38N2O6/c1-29(2,3)37-28(33)30-19-21-8-7-9-23(16-21)22-12-14-31(15-13-22)26(32)11-10-20-17-24(34-4)27(36-6)25(18-20)35-5/h7-11,16-18,22H,12-15,19H2,1-6H3,(H,30,33)/b11-10+. The number of carbonyl (C=O) groups excluding carboxylic acids is 2. The lowest BCUT2D eigenvalue weighted by Crippen LogP contribution is -2.36. The van der Waals surface area contributed by atoms with E-state index in [1.54, 1.807) is 33.5 Å². The fourth-order valence-corrected chi connectivity index (χ4v) is 4.35. The van der Waals surface area contributed by atoms with Gasteiger partial charge in [-0.3, -0.25) is 4.79 Å². The van der Waals surface area contributed by atoms with Crippen LogP contribution in [0.5, 0.6) is 17.2 Å². The third kappa shape index (κ3) is 7.90. The van der Waals surface area contributed by atoms with Gasteiger partial charge in [-0.15, -0.1) is 0 Å². The third-order valence-electron chi connectivity index (χ3n) is 6.17. The van der Waals surface area contributed by atoms with Crippen LogP contribution in [0.15, 0.2) is 42.5 Å². The van der Waals surface area contributed by atoms with E-state index < -0.39 is 11.7 Å². The summed E-state index contributed by atoms with van der Waals surface area (Å²) in [6.07, 6.45) is 4.69. The highest BCUT2D eigenvalue weighted by Crippen LogP contribution is 2.38. The first kappa shape index (κ1) is 27.9. The highest BCUT2D eigenvalue weighted by molar-refractivity contribution is 5.92. The van der Waals surface area contributed by atoms with E-state index in [4.69, 9.17) is 18.9 Å².